The average molecular weight is 397 g/mol. The lowest BCUT2D eigenvalue weighted by Gasteiger charge is -2.08. The fourth-order valence-electron chi connectivity index (χ4n) is 2.47. The van der Waals surface area contributed by atoms with Crippen LogP contribution in [0.4, 0.5) is 0 Å². The minimum absolute atomic E-state index is 0.00962. The Morgan fingerprint density at radius 3 is 2.48 bits per heavy atom. The number of ether oxygens (including phenoxy) is 3. The van der Waals surface area contributed by atoms with Crippen molar-refractivity contribution in [2.24, 2.45) is 5.73 Å². The van der Waals surface area contributed by atoms with Crippen LogP contribution in [0.3, 0.4) is 0 Å². The molecule has 8 heteroatoms. The Balaban J connectivity index is 1.77. The molecule has 0 aliphatic heterocycles. The lowest BCUT2D eigenvalue weighted by Crippen LogP contribution is -2.20. The van der Waals surface area contributed by atoms with Gasteiger partial charge in [-0.3, -0.25) is 9.59 Å². The van der Waals surface area contributed by atoms with E-state index in [1.807, 2.05) is 6.92 Å². The van der Waals surface area contributed by atoms with Crippen LogP contribution in [0.5, 0.6) is 17.2 Å². The molecule has 1 heterocycles. The number of benzene rings is 2. The van der Waals surface area contributed by atoms with Gasteiger partial charge >= 0.3 is 5.97 Å². The second kappa shape index (κ2) is 8.92. The third-order valence-electron chi connectivity index (χ3n) is 3.85. The molecule has 0 bridgehead atoms. The minimum Gasteiger partial charge on any atom is -0.484 e. The number of hydrogen-bond donors (Lipinski definition) is 1. The number of nitrogens with two attached hydrogens (primary N) is 1. The first-order valence-corrected chi connectivity index (χ1v) is 8.89. The Labute approximate surface area is 165 Å². The molecular formula is C21H19NO7. The SMILES string of the molecule is CCCOC(=O)c1ccc(Oc2coc3cc(OCC(N)=O)ccc3c2=O)cc1. The van der Waals surface area contributed by atoms with Crippen LogP contribution in [-0.4, -0.2) is 25.1 Å². The maximum Gasteiger partial charge on any atom is 0.338 e. The van der Waals surface area contributed by atoms with E-state index in [9.17, 15) is 14.4 Å². The molecule has 0 aliphatic carbocycles. The zero-order valence-corrected chi connectivity index (χ0v) is 15.7. The van der Waals surface area contributed by atoms with Crippen LogP contribution in [0.2, 0.25) is 0 Å². The summed E-state index contributed by atoms with van der Waals surface area (Å²) in [6.07, 6.45) is 1.93. The zero-order chi connectivity index (χ0) is 20.8. The van der Waals surface area contributed by atoms with E-state index in [0.717, 1.165) is 6.42 Å². The average Bonchev–Trinajstić information content (AvgIpc) is 2.73. The van der Waals surface area contributed by atoms with E-state index in [1.165, 1.54) is 24.5 Å². The smallest absolute Gasteiger partial charge is 0.338 e. The first-order valence-electron chi connectivity index (χ1n) is 8.89. The van der Waals surface area contributed by atoms with Crippen LogP contribution in [0.25, 0.3) is 11.0 Å². The third-order valence-corrected chi connectivity index (χ3v) is 3.85. The van der Waals surface area contributed by atoms with Crippen molar-refractivity contribution >= 4 is 22.8 Å². The van der Waals surface area contributed by atoms with E-state index < -0.39 is 11.9 Å². The molecule has 0 radical (unpaired) electrons. The molecule has 0 saturated carbocycles. The van der Waals surface area contributed by atoms with Crippen molar-refractivity contribution < 1.29 is 28.2 Å². The van der Waals surface area contributed by atoms with Crippen molar-refractivity contribution in [3.05, 3.63) is 64.5 Å². The predicted molar refractivity (Wildman–Crippen MR) is 104 cm³/mol. The number of esters is 1. The number of fused-ring (bicyclic) bond motifs is 1. The van der Waals surface area contributed by atoms with E-state index in [1.54, 1.807) is 24.3 Å². The zero-order valence-electron chi connectivity index (χ0n) is 15.7. The summed E-state index contributed by atoms with van der Waals surface area (Å²) in [4.78, 5) is 35.2. The Bertz CT molecular complexity index is 1090. The van der Waals surface area contributed by atoms with Crippen molar-refractivity contribution in [3.8, 4) is 17.2 Å². The standard InChI is InChI=1S/C21H19NO7/c1-2-9-26-21(25)13-3-5-14(6-4-13)29-18-11-28-17-10-15(27-12-19(22)23)7-8-16(17)20(18)24/h3-8,10-11H,2,9,12H2,1H3,(H2,22,23). The van der Waals surface area contributed by atoms with Crippen LogP contribution in [-0.2, 0) is 9.53 Å². The van der Waals surface area contributed by atoms with Gasteiger partial charge in [0.05, 0.1) is 17.6 Å². The van der Waals surface area contributed by atoms with E-state index >= 15 is 0 Å². The summed E-state index contributed by atoms with van der Waals surface area (Å²) < 4.78 is 21.3. The lowest BCUT2D eigenvalue weighted by molar-refractivity contribution is -0.119. The summed E-state index contributed by atoms with van der Waals surface area (Å²) >= 11 is 0. The number of amides is 1. The van der Waals surface area contributed by atoms with Gasteiger partial charge in [0, 0.05) is 6.07 Å². The van der Waals surface area contributed by atoms with E-state index in [-0.39, 0.29) is 28.8 Å². The van der Waals surface area contributed by atoms with E-state index in [2.05, 4.69) is 0 Å². The fraction of sp³-hybridized carbons (Fsp3) is 0.190. The topological polar surface area (TPSA) is 118 Å². The van der Waals surface area contributed by atoms with Crippen LogP contribution in [0.15, 0.2) is 57.9 Å². The monoisotopic (exact) mass is 397 g/mol. The number of carbonyl (C=O) groups excluding carboxylic acids is 2. The molecule has 29 heavy (non-hydrogen) atoms. The van der Waals surface area contributed by atoms with Gasteiger partial charge in [-0.25, -0.2) is 4.79 Å². The molecule has 150 valence electrons. The Morgan fingerprint density at radius 2 is 1.79 bits per heavy atom. The van der Waals surface area contributed by atoms with Gasteiger partial charge in [-0.2, -0.15) is 0 Å². The summed E-state index contributed by atoms with van der Waals surface area (Å²) in [7, 11) is 0. The molecule has 3 rings (SSSR count). The van der Waals surface area contributed by atoms with Crippen molar-refractivity contribution in [3.63, 3.8) is 0 Å². The number of primary amides is 1. The third kappa shape index (κ3) is 4.92. The molecule has 1 aromatic heterocycles. The molecule has 2 aromatic carbocycles. The van der Waals surface area contributed by atoms with Crippen molar-refractivity contribution in [2.45, 2.75) is 13.3 Å². The quantitative estimate of drug-likeness (QED) is 0.580. The largest absolute Gasteiger partial charge is 0.484 e. The Morgan fingerprint density at radius 1 is 1.07 bits per heavy atom. The predicted octanol–water partition coefficient (Wildman–Crippen LogP) is 3.02. The minimum atomic E-state index is -0.611. The Hall–Kier alpha value is -3.81. The molecule has 8 nitrogen and oxygen atoms in total. The molecule has 0 aliphatic rings. The van der Waals surface area contributed by atoms with Gasteiger partial charge in [0.25, 0.3) is 5.91 Å². The van der Waals surface area contributed by atoms with Crippen LogP contribution in [0, 0.1) is 0 Å². The van der Waals surface area contributed by atoms with Gasteiger partial charge in [-0.05, 0) is 42.8 Å². The van der Waals surface area contributed by atoms with Crippen LogP contribution >= 0.6 is 0 Å². The lowest BCUT2D eigenvalue weighted by atomic mass is 10.2. The molecule has 0 fully saturated rings. The van der Waals surface area contributed by atoms with Gasteiger partial charge in [0.1, 0.15) is 23.3 Å². The second-order valence-electron chi connectivity index (χ2n) is 6.10. The molecule has 3 aromatic rings. The number of carbonyl (C=O) groups is 2. The van der Waals surface area contributed by atoms with Crippen LogP contribution < -0.4 is 20.6 Å². The second-order valence-corrected chi connectivity index (χ2v) is 6.10. The molecule has 1 amide bonds. The van der Waals surface area contributed by atoms with Crippen molar-refractivity contribution in [1.82, 2.24) is 0 Å². The highest BCUT2D eigenvalue weighted by Crippen LogP contribution is 2.24. The van der Waals surface area contributed by atoms with E-state index in [0.29, 0.717) is 23.7 Å². The molecule has 2 N–H and O–H groups in total. The van der Waals surface area contributed by atoms with Crippen molar-refractivity contribution in [1.29, 1.82) is 0 Å². The normalized spacial score (nSPS) is 10.5. The summed E-state index contributed by atoms with van der Waals surface area (Å²) in [6.45, 7) is 1.98. The van der Waals surface area contributed by atoms with E-state index in [4.69, 9.17) is 24.4 Å². The maximum atomic E-state index is 12.6. The first kappa shape index (κ1) is 19.9. The molecule has 0 atom stereocenters. The molecule has 0 spiro atoms. The van der Waals surface area contributed by atoms with Gasteiger partial charge in [-0.1, -0.05) is 6.92 Å². The van der Waals surface area contributed by atoms with Gasteiger partial charge < -0.3 is 24.4 Å². The summed E-state index contributed by atoms with van der Waals surface area (Å²) in [5, 5.41) is 0.286. The molecule has 0 saturated heterocycles. The van der Waals surface area contributed by atoms with Crippen LogP contribution in [0.1, 0.15) is 23.7 Å². The fourth-order valence-corrected chi connectivity index (χ4v) is 2.47. The Kier molecular flexibility index (Phi) is 6.13. The van der Waals surface area contributed by atoms with Gasteiger partial charge in [0.15, 0.2) is 6.61 Å². The maximum absolute atomic E-state index is 12.6. The first-order chi connectivity index (χ1) is 14.0. The van der Waals surface area contributed by atoms with Gasteiger partial charge in [-0.15, -0.1) is 0 Å². The molecular weight excluding hydrogens is 378 g/mol. The van der Waals surface area contributed by atoms with Crippen molar-refractivity contribution in [2.75, 3.05) is 13.2 Å². The number of hydrogen-bond acceptors (Lipinski definition) is 7. The molecule has 0 unspecified atom stereocenters. The highest BCUT2D eigenvalue weighted by atomic mass is 16.5. The number of rotatable bonds is 8. The summed E-state index contributed by atoms with van der Waals surface area (Å²) in [6, 6.07) is 10.8. The summed E-state index contributed by atoms with van der Waals surface area (Å²) in [5.74, 6) is -0.327. The highest BCUT2D eigenvalue weighted by Gasteiger charge is 2.12. The highest BCUT2D eigenvalue weighted by molar-refractivity contribution is 5.89. The van der Waals surface area contributed by atoms with Gasteiger partial charge in [0.2, 0.25) is 11.2 Å². The summed E-state index contributed by atoms with van der Waals surface area (Å²) in [5.41, 5.74) is 5.33.